The molecule has 0 unspecified atom stereocenters. The molecule has 0 amide bonds. The van der Waals surface area contributed by atoms with Gasteiger partial charge >= 0.3 is 5.97 Å². The van der Waals surface area contributed by atoms with Crippen LogP contribution in [0.15, 0.2) is 24.3 Å². The second kappa shape index (κ2) is 5.54. The molecule has 0 radical (unpaired) electrons. The van der Waals surface area contributed by atoms with Crippen LogP contribution in [0.3, 0.4) is 0 Å². The molecule has 0 fully saturated rings. The molecular formula is C13H20O2. The Bertz CT molecular complexity index is 327. The molecule has 0 saturated heterocycles. The number of aryl methyl sites for hydroxylation is 1. The monoisotopic (exact) mass is 208 g/mol. The van der Waals surface area contributed by atoms with E-state index in [2.05, 4.69) is 0 Å². The molecule has 0 aliphatic rings. The zero-order valence-corrected chi connectivity index (χ0v) is 10.2. The summed E-state index contributed by atoms with van der Waals surface area (Å²) in [5.41, 5.74) is 1.14. The summed E-state index contributed by atoms with van der Waals surface area (Å²) >= 11 is 0. The lowest BCUT2D eigenvalue weighted by molar-refractivity contribution is -0.142. The van der Waals surface area contributed by atoms with E-state index in [9.17, 15) is 4.79 Å². The van der Waals surface area contributed by atoms with Crippen molar-refractivity contribution in [3.05, 3.63) is 35.4 Å². The van der Waals surface area contributed by atoms with Crippen molar-refractivity contribution in [1.29, 1.82) is 0 Å². The van der Waals surface area contributed by atoms with Crippen molar-refractivity contribution < 1.29 is 9.90 Å². The number of carboxylic acids is 1. The van der Waals surface area contributed by atoms with Crippen LogP contribution in [0.25, 0.3) is 0 Å². The lowest BCUT2D eigenvalue weighted by Crippen LogP contribution is -2.28. The summed E-state index contributed by atoms with van der Waals surface area (Å²) < 4.78 is 0. The van der Waals surface area contributed by atoms with Crippen LogP contribution >= 0.6 is 0 Å². The minimum Gasteiger partial charge on any atom is -0.481 e. The Morgan fingerprint density at radius 1 is 1.27 bits per heavy atom. The Kier molecular flexibility index (Phi) is 5.06. The van der Waals surface area contributed by atoms with E-state index in [0.29, 0.717) is 0 Å². The van der Waals surface area contributed by atoms with Crippen molar-refractivity contribution in [3.63, 3.8) is 0 Å². The van der Waals surface area contributed by atoms with Gasteiger partial charge in [0.15, 0.2) is 0 Å². The van der Waals surface area contributed by atoms with Gasteiger partial charge in [-0.25, -0.2) is 0 Å². The number of carboxylic acid groups (broad SMARTS) is 1. The normalized spacial score (nSPS) is 10.2. The average molecular weight is 208 g/mol. The van der Waals surface area contributed by atoms with E-state index in [4.69, 9.17) is 5.11 Å². The number of carbonyl (C=O) groups is 1. The van der Waals surface area contributed by atoms with Gasteiger partial charge in [0.1, 0.15) is 0 Å². The SMILES string of the molecule is CC.Cc1cccc(C(C)(C)C(=O)O)c1. The van der Waals surface area contributed by atoms with Crippen LogP contribution in [0.4, 0.5) is 0 Å². The molecule has 0 atom stereocenters. The third-order valence-corrected chi connectivity index (χ3v) is 2.27. The molecule has 15 heavy (non-hydrogen) atoms. The van der Waals surface area contributed by atoms with Crippen LogP contribution in [-0.2, 0) is 10.2 Å². The number of hydrogen-bond acceptors (Lipinski definition) is 1. The molecule has 1 rings (SSSR count). The summed E-state index contributed by atoms with van der Waals surface area (Å²) in [7, 11) is 0. The smallest absolute Gasteiger partial charge is 0.313 e. The highest BCUT2D eigenvalue weighted by atomic mass is 16.4. The largest absolute Gasteiger partial charge is 0.481 e. The number of rotatable bonds is 2. The van der Waals surface area contributed by atoms with Crippen LogP contribution in [-0.4, -0.2) is 11.1 Å². The average Bonchev–Trinajstić information content (AvgIpc) is 2.20. The quantitative estimate of drug-likeness (QED) is 0.809. The third kappa shape index (κ3) is 3.39. The fourth-order valence-electron chi connectivity index (χ4n) is 1.16. The zero-order valence-electron chi connectivity index (χ0n) is 10.2. The van der Waals surface area contributed by atoms with Crippen molar-refractivity contribution in [2.45, 2.75) is 40.0 Å². The molecular weight excluding hydrogens is 188 g/mol. The second-order valence-electron chi connectivity index (χ2n) is 3.80. The van der Waals surface area contributed by atoms with Crippen molar-refractivity contribution in [1.82, 2.24) is 0 Å². The molecule has 0 heterocycles. The maximum Gasteiger partial charge on any atom is 0.313 e. The molecule has 1 N–H and O–H groups in total. The predicted octanol–water partition coefficient (Wildman–Crippen LogP) is 3.38. The van der Waals surface area contributed by atoms with Crippen molar-refractivity contribution in [2.24, 2.45) is 0 Å². The Morgan fingerprint density at radius 2 is 1.80 bits per heavy atom. The lowest BCUT2D eigenvalue weighted by atomic mass is 9.84. The van der Waals surface area contributed by atoms with E-state index >= 15 is 0 Å². The van der Waals surface area contributed by atoms with Gasteiger partial charge in [0.25, 0.3) is 0 Å². The summed E-state index contributed by atoms with van der Waals surface area (Å²) in [6.45, 7) is 9.38. The van der Waals surface area contributed by atoms with Crippen LogP contribution in [0.2, 0.25) is 0 Å². The first-order chi connectivity index (χ1) is 6.94. The predicted molar refractivity (Wildman–Crippen MR) is 63.2 cm³/mol. The minimum absolute atomic E-state index is 0.793. The van der Waals surface area contributed by atoms with E-state index in [1.807, 2.05) is 45.0 Å². The summed E-state index contributed by atoms with van der Waals surface area (Å²) in [5.74, 6) is -0.793. The van der Waals surface area contributed by atoms with Gasteiger partial charge in [-0.2, -0.15) is 0 Å². The maximum absolute atomic E-state index is 10.9. The van der Waals surface area contributed by atoms with Crippen molar-refractivity contribution in [3.8, 4) is 0 Å². The summed E-state index contributed by atoms with van der Waals surface area (Å²) in [5, 5.41) is 8.99. The van der Waals surface area contributed by atoms with Gasteiger partial charge in [-0.15, -0.1) is 0 Å². The topological polar surface area (TPSA) is 37.3 Å². The van der Waals surface area contributed by atoms with E-state index in [-0.39, 0.29) is 0 Å². The van der Waals surface area contributed by atoms with Gasteiger partial charge in [0.2, 0.25) is 0 Å². The third-order valence-electron chi connectivity index (χ3n) is 2.27. The molecule has 0 aliphatic heterocycles. The standard InChI is InChI=1S/C11H14O2.C2H6/c1-8-5-4-6-9(7-8)11(2,3)10(12)13;1-2/h4-7H,1-3H3,(H,12,13);1-2H3. The van der Waals surface area contributed by atoms with Gasteiger partial charge in [0, 0.05) is 0 Å². The van der Waals surface area contributed by atoms with Crippen LogP contribution in [0.5, 0.6) is 0 Å². The number of benzene rings is 1. The highest BCUT2D eigenvalue weighted by molar-refractivity contribution is 5.80. The molecule has 0 aromatic heterocycles. The number of hydrogen-bond donors (Lipinski definition) is 1. The highest BCUT2D eigenvalue weighted by Crippen LogP contribution is 2.23. The van der Waals surface area contributed by atoms with Gasteiger partial charge in [0.05, 0.1) is 5.41 Å². The van der Waals surface area contributed by atoms with Crippen LogP contribution in [0, 0.1) is 6.92 Å². The maximum atomic E-state index is 10.9. The summed E-state index contributed by atoms with van der Waals surface area (Å²) in [6, 6.07) is 7.60. The first-order valence-electron chi connectivity index (χ1n) is 5.25. The lowest BCUT2D eigenvalue weighted by Gasteiger charge is -2.19. The zero-order chi connectivity index (χ0) is 12.1. The minimum atomic E-state index is -0.800. The van der Waals surface area contributed by atoms with E-state index in [1.165, 1.54) is 0 Å². The van der Waals surface area contributed by atoms with E-state index in [0.717, 1.165) is 11.1 Å². The van der Waals surface area contributed by atoms with Crippen molar-refractivity contribution >= 4 is 5.97 Å². The Morgan fingerprint density at radius 3 is 2.20 bits per heavy atom. The second-order valence-corrected chi connectivity index (χ2v) is 3.80. The molecule has 84 valence electrons. The van der Waals surface area contributed by atoms with Crippen molar-refractivity contribution in [2.75, 3.05) is 0 Å². The molecule has 0 aliphatic carbocycles. The number of aliphatic carboxylic acids is 1. The van der Waals surface area contributed by atoms with Gasteiger partial charge in [-0.3, -0.25) is 4.79 Å². The van der Waals surface area contributed by atoms with Gasteiger partial charge < -0.3 is 5.11 Å². The fourth-order valence-corrected chi connectivity index (χ4v) is 1.16. The molecule has 2 heteroatoms. The molecule has 0 bridgehead atoms. The molecule has 0 spiro atoms. The Hall–Kier alpha value is -1.31. The Labute approximate surface area is 91.9 Å². The van der Waals surface area contributed by atoms with E-state index in [1.54, 1.807) is 13.8 Å². The molecule has 0 saturated carbocycles. The van der Waals surface area contributed by atoms with Crippen LogP contribution < -0.4 is 0 Å². The first-order valence-corrected chi connectivity index (χ1v) is 5.25. The van der Waals surface area contributed by atoms with Gasteiger partial charge in [-0.1, -0.05) is 43.7 Å². The van der Waals surface area contributed by atoms with E-state index < -0.39 is 11.4 Å². The summed E-state index contributed by atoms with van der Waals surface area (Å²) in [4.78, 5) is 10.9. The molecule has 2 nitrogen and oxygen atoms in total. The molecule has 1 aromatic rings. The fraction of sp³-hybridized carbons (Fsp3) is 0.462. The summed E-state index contributed by atoms with van der Waals surface area (Å²) in [6.07, 6.45) is 0. The molecule has 1 aromatic carbocycles. The highest BCUT2D eigenvalue weighted by Gasteiger charge is 2.28. The Balaban J connectivity index is 0.000000921. The van der Waals surface area contributed by atoms with Crippen LogP contribution in [0.1, 0.15) is 38.8 Å². The first kappa shape index (κ1) is 13.7. The van der Waals surface area contributed by atoms with Gasteiger partial charge in [-0.05, 0) is 26.3 Å².